The van der Waals surface area contributed by atoms with Gasteiger partial charge in [-0.3, -0.25) is 4.79 Å². The molecule has 0 saturated heterocycles. The van der Waals surface area contributed by atoms with Crippen molar-refractivity contribution in [1.82, 2.24) is 4.72 Å². The van der Waals surface area contributed by atoms with E-state index >= 15 is 0 Å². The topological polar surface area (TPSA) is 84.5 Å². The van der Waals surface area contributed by atoms with Crippen molar-refractivity contribution in [2.45, 2.75) is 49.5 Å². The molecule has 2 aromatic rings. The molecular weight excluding hydrogens is 376 g/mol. The Morgan fingerprint density at radius 3 is 2.32 bits per heavy atom. The van der Waals surface area contributed by atoms with E-state index in [9.17, 15) is 13.2 Å². The largest absolute Gasteiger partial charge is 0.495 e. The SMILES string of the molecule is COc1ccc(S(=O)(=O)NC2CCCCCC2)cc1NC(=O)c1ccccc1. The number of amides is 1. The summed E-state index contributed by atoms with van der Waals surface area (Å²) in [6.45, 7) is 0. The van der Waals surface area contributed by atoms with Gasteiger partial charge in [0.05, 0.1) is 17.7 Å². The van der Waals surface area contributed by atoms with Gasteiger partial charge in [0.1, 0.15) is 5.75 Å². The summed E-state index contributed by atoms with van der Waals surface area (Å²) in [5.74, 6) is 0.0721. The number of benzene rings is 2. The average molecular weight is 403 g/mol. The summed E-state index contributed by atoms with van der Waals surface area (Å²) >= 11 is 0. The first kappa shape index (κ1) is 20.4. The molecule has 0 spiro atoms. The van der Waals surface area contributed by atoms with Gasteiger partial charge in [0.15, 0.2) is 0 Å². The molecule has 28 heavy (non-hydrogen) atoms. The summed E-state index contributed by atoms with van der Waals surface area (Å²) in [5.41, 5.74) is 0.800. The number of nitrogens with one attached hydrogen (secondary N) is 2. The van der Waals surface area contributed by atoms with Crippen LogP contribution in [0.5, 0.6) is 5.75 Å². The summed E-state index contributed by atoms with van der Waals surface area (Å²) in [4.78, 5) is 12.6. The number of rotatable bonds is 6. The predicted molar refractivity (Wildman–Crippen MR) is 109 cm³/mol. The van der Waals surface area contributed by atoms with E-state index < -0.39 is 10.0 Å². The van der Waals surface area contributed by atoms with Crippen LogP contribution in [-0.2, 0) is 10.0 Å². The smallest absolute Gasteiger partial charge is 0.255 e. The van der Waals surface area contributed by atoms with E-state index in [0.717, 1.165) is 38.5 Å². The zero-order valence-corrected chi connectivity index (χ0v) is 16.8. The van der Waals surface area contributed by atoms with Gasteiger partial charge in [0.2, 0.25) is 10.0 Å². The molecule has 1 fully saturated rings. The molecule has 3 rings (SSSR count). The maximum atomic E-state index is 12.9. The second-order valence-corrected chi connectivity index (χ2v) is 8.71. The molecule has 0 aliphatic heterocycles. The molecule has 2 aromatic carbocycles. The fourth-order valence-corrected chi connectivity index (χ4v) is 4.75. The highest BCUT2D eigenvalue weighted by Gasteiger charge is 2.22. The van der Waals surface area contributed by atoms with Crippen LogP contribution in [0.2, 0.25) is 0 Å². The van der Waals surface area contributed by atoms with E-state index in [1.165, 1.54) is 19.2 Å². The van der Waals surface area contributed by atoms with Crippen molar-refractivity contribution in [3.63, 3.8) is 0 Å². The zero-order valence-electron chi connectivity index (χ0n) is 16.0. The minimum Gasteiger partial charge on any atom is -0.495 e. The number of carbonyl (C=O) groups is 1. The fourth-order valence-electron chi connectivity index (χ4n) is 3.42. The first-order chi connectivity index (χ1) is 13.5. The Bertz CT molecular complexity index is 905. The van der Waals surface area contributed by atoms with Gasteiger partial charge in [0.25, 0.3) is 5.91 Å². The highest BCUT2D eigenvalue weighted by Crippen LogP contribution is 2.29. The summed E-state index contributed by atoms with van der Waals surface area (Å²) < 4.78 is 33.8. The lowest BCUT2D eigenvalue weighted by Crippen LogP contribution is -2.34. The van der Waals surface area contributed by atoms with E-state index in [4.69, 9.17) is 4.74 Å². The molecule has 1 aliphatic rings. The van der Waals surface area contributed by atoms with Crippen molar-refractivity contribution in [1.29, 1.82) is 0 Å². The quantitative estimate of drug-likeness (QED) is 0.717. The number of anilines is 1. The Kier molecular flexibility index (Phi) is 6.70. The number of carbonyl (C=O) groups excluding carboxylic acids is 1. The standard InChI is InChI=1S/C21H26N2O4S/c1-27-20-14-13-18(28(25,26)23-17-11-7-2-3-8-12-17)15-19(20)22-21(24)16-9-5-4-6-10-16/h4-6,9-10,13-15,17,23H,2-3,7-8,11-12H2,1H3,(H,22,24). The molecule has 0 unspecified atom stereocenters. The van der Waals surface area contributed by atoms with E-state index in [-0.39, 0.29) is 16.8 Å². The minimum absolute atomic E-state index is 0.0445. The van der Waals surface area contributed by atoms with Gasteiger partial charge in [-0.1, -0.05) is 43.9 Å². The van der Waals surface area contributed by atoms with Gasteiger partial charge >= 0.3 is 0 Å². The Morgan fingerprint density at radius 2 is 1.68 bits per heavy atom. The summed E-state index contributed by atoms with van der Waals surface area (Å²) in [6, 6.07) is 13.2. The molecule has 7 heteroatoms. The van der Waals surface area contributed by atoms with Crippen LogP contribution in [0.3, 0.4) is 0 Å². The second kappa shape index (κ2) is 9.21. The van der Waals surface area contributed by atoms with E-state index in [2.05, 4.69) is 10.0 Å². The first-order valence-electron chi connectivity index (χ1n) is 9.56. The van der Waals surface area contributed by atoms with Crippen LogP contribution in [0.25, 0.3) is 0 Å². The van der Waals surface area contributed by atoms with Crippen LogP contribution in [0.15, 0.2) is 53.4 Å². The second-order valence-electron chi connectivity index (χ2n) is 6.99. The maximum Gasteiger partial charge on any atom is 0.255 e. The monoisotopic (exact) mass is 402 g/mol. The third-order valence-electron chi connectivity index (χ3n) is 4.94. The van der Waals surface area contributed by atoms with Crippen molar-refractivity contribution in [3.05, 3.63) is 54.1 Å². The number of sulfonamides is 1. The molecule has 2 N–H and O–H groups in total. The molecule has 1 amide bonds. The molecule has 0 bridgehead atoms. The van der Waals surface area contributed by atoms with Gasteiger partial charge in [-0.15, -0.1) is 0 Å². The summed E-state index contributed by atoms with van der Waals surface area (Å²) in [7, 11) is -2.20. The van der Waals surface area contributed by atoms with Crippen molar-refractivity contribution in [2.75, 3.05) is 12.4 Å². The van der Waals surface area contributed by atoms with Gasteiger partial charge < -0.3 is 10.1 Å². The highest BCUT2D eigenvalue weighted by molar-refractivity contribution is 7.89. The molecule has 6 nitrogen and oxygen atoms in total. The van der Waals surface area contributed by atoms with Gasteiger partial charge in [-0.05, 0) is 43.2 Å². The average Bonchev–Trinajstić information content (AvgIpc) is 2.96. The Morgan fingerprint density at radius 1 is 1.00 bits per heavy atom. The molecule has 0 radical (unpaired) electrons. The van der Waals surface area contributed by atoms with Crippen LogP contribution >= 0.6 is 0 Å². The van der Waals surface area contributed by atoms with Crippen molar-refractivity contribution >= 4 is 21.6 Å². The molecule has 1 aliphatic carbocycles. The van der Waals surface area contributed by atoms with E-state index in [1.807, 2.05) is 6.07 Å². The molecule has 0 aromatic heterocycles. The molecular formula is C21H26N2O4S. The predicted octanol–water partition coefficient (Wildman–Crippen LogP) is 3.95. The van der Waals surface area contributed by atoms with Gasteiger partial charge in [-0.2, -0.15) is 0 Å². The lowest BCUT2D eigenvalue weighted by molar-refractivity contribution is 0.102. The molecule has 150 valence electrons. The van der Waals surface area contributed by atoms with E-state index in [0.29, 0.717) is 17.0 Å². The summed E-state index contributed by atoms with van der Waals surface area (Å²) in [6.07, 6.45) is 6.08. The number of ether oxygens (including phenoxy) is 1. The lowest BCUT2D eigenvalue weighted by Gasteiger charge is -2.17. The number of hydrogen-bond donors (Lipinski definition) is 2. The van der Waals surface area contributed by atoms with E-state index in [1.54, 1.807) is 30.3 Å². The van der Waals surface area contributed by atoms with Crippen LogP contribution in [0.4, 0.5) is 5.69 Å². The minimum atomic E-state index is -3.68. The van der Waals surface area contributed by atoms with Crippen LogP contribution < -0.4 is 14.8 Å². The molecule has 0 atom stereocenters. The van der Waals surface area contributed by atoms with Crippen LogP contribution in [0.1, 0.15) is 48.9 Å². The van der Waals surface area contributed by atoms with Crippen molar-refractivity contribution in [2.24, 2.45) is 0 Å². The van der Waals surface area contributed by atoms with Crippen molar-refractivity contribution in [3.8, 4) is 5.75 Å². The first-order valence-corrected chi connectivity index (χ1v) is 11.0. The van der Waals surface area contributed by atoms with Crippen molar-refractivity contribution < 1.29 is 17.9 Å². The Hall–Kier alpha value is -2.38. The highest BCUT2D eigenvalue weighted by atomic mass is 32.2. The van der Waals surface area contributed by atoms with Gasteiger partial charge in [0, 0.05) is 11.6 Å². The third-order valence-corrected chi connectivity index (χ3v) is 6.46. The maximum absolute atomic E-state index is 12.9. The van der Waals surface area contributed by atoms with Crippen LogP contribution in [-0.4, -0.2) is 27.5 Å². The Labute approximate surface area is 166 Å². The normalized spacial score (nSPS) is 15.6. The molecule has 1 saturated carbocycles. The molecule has 0 heterocycles. The third kappa shape index (κ3) is 5.11. The number of methoxy groups -OCH3 is 1. The Balaban J connectivity index is 1.82. The fraction of sp³-hybridized carbons (Fsp3) is 0.381. The zero-order chi connectivity index (χ0) is 20.0. The lowest BCUT2D eigenvalue weighted by atomic mass is 10.1. The summed E-state index contributed by atoms with van der Waals surface area (Å²) in [5, 5.41) is 2.75. The number of hydrogen-bond acceptors (Lipinski definition) is 4. The van der Waals surface area contributed by atoms with Crippen LogP contribution in [0, 0.1) is 0 Å². The van der Waals surface area contributed by atoms with Gasteiger partial charge in [-0.25, -0.2) is 13.1 Å².